The molecule has 1 aromatic rings. The Labute approximate surface area is 140 Å². The van der Waals surface area contributed by atoms with E-state index in [0.717, 1.165) is 13.1 Å². The van der Waals surface area contributed by atoms with Gasteiger partial charge in [0, 0.05) is 25.7 Å². The number of sulfonamides is 1. The quantitative estimate of drug-likeness (QED) is 0.650. The van der Waals surface area contributed by atoms with Gasteiger partial charge in [-0.15, -0.1) is 0 Å². The number of hydrogen-bond donors (Lipinski definition) is 0. The predicted octanol–water partition coefficient (Wildman–Crippen LogP) is 2.06. The molecule has 0 amide bonds. The van der Waals surface area contributed by atoms with Crippen LogP contribution in [0, 0.1) is 0 Å². The summed E-state index contributed by atoms with van der Waals surface area (Å²) in [6.07, 6.45) is 0. The summed E-state index contributed by atoms with van der Waals surface area (Å²) in [5.74, 6) is 0.922. The summed E-state index contributed by atoms with van der Waals surface area (Å²) in [6.45, 7) is 9.42. The van der Waals surface area contributed by atoms with Gasteiger partial charge in [-0.25, -0.2) is 8.42 Å². The van der Waals surface area contributed by atoms with E-state index in [1.54, 1.807) is 12.1 Å². The summed E-state index contributed by atoms with van der Waals surface area (Å²) < 4.78 is 37.5. The van der Waals surface area contributed by atoms with Crippen molar-refractivity contribution in [2.24, 2.45) is 0 Å². The molecule has 6 nitrogen and oxygen atoms in total. The van der Waals surface area contributed by atoms with Crippen LogP contribution in [0.25, 0.3) is 0 Å². The number of rotatable bonds is 10. The van der Waals surface area contributed by atoms with Gasteiger partial charge in [0.15, 0.2) is 11.5 Å². The smallest absolute Gasteiger partial charge is 0.243 e. The van der Waals surface area contributed by atoms with Crippen molar-refractivity contribution in [1.82, 2.24) is 9.21 Å². The maximum atomic E-state index is 12.8. The maximum absolute atomic E-state index is 12.8. The molecule has 0 bridgehead atoms. The van der Waals surface area contributed by atoms with Crippen LogP contribution < -0.4 is 9.47 Å². The van der Waals surface area contributed by atoms with E-state index < -0.39 is 10.0 Å². The Kier molecular flexibility index (Phi) is 7.81. The molecule has 1 rings (SSSR count). The van der Waals surface area contributed by atoms with E-state index in [0.29, 0.717) is 31.1 Å². The highest BCUT2D eigenvalue weighted by molar-refractivity contribution is 7.89. The molecule has 7 heteroatoms. The predicted molar refractivity (Wildman–Crippen MR) is 91.8 cm³/mol. The SMILES string of the molecule is CCN(CC)CCN(CC)S(=O)(=O)c1ccc(OC)c(OC)c1. The topological polar surface area (TPSA) is 59.1 Å². The first kappa shape index (κ1) is 19.7. The highest BCUT2D eigenvalue weighted by Crippen LogP contribution is 2.30. The van der Waals surface area contributed by atoms with Crippen LogP contribution in [0.3, 0.4) is 0 Å². The fourth-order valence-corrected chi connectivity index (χ4v) is 3.82. The largest absolute Gasteiger partial charge is 0.493 e. The van der Waals surface area contributed by atoms with Gasteiger partial charge >= 0.3 is 0 Å². The molecule has 23 heavy (non-hydrogen) atoms. The molecule has 0 aliphatic heterocycles. The normalized spacial score (nSPS) is 12.0. The Hall–Kier alpha value is -1.31. The number of ether oxygens (including phenoxy) is 2. The van der Waals surface area contributed by atoms with Gasteiger partial charge in [-0.2, -0.15) is 4.31 Å². The third-order valence-corrected chi connectivity index (χ3v) is 5.88. The van der Waals surface area contributed by atoms with E-state index in [4.69, 9.17) is 9.47 Å². The standard InChI is InChI=1S/C16H28N2O4S/c1-6-17(7-2)11-12-18(8-3)23(19,20)14-9-10-15(21-4)16(13-14)22-5/h9-10,13H,6-8,11-12H2,1-5H3. The Bertz CT molecular complexity index is 586. The Morgan fingerprint density at radius 2 is 1.52 bits per heavy atom. The van der Waals surface area contributed by atoms with Crippen LogP contribution in [0.15, 0.2) is 23.1 Å². The van der Waals surface area contributed by atoms with E-state index >= 15 is 0 Å². The molecule has 0 saturated heterocycles. The number of methoxy groups -OCH3 is 2. The molecule has 0 fully saturated rings. The molecule has 0 aliphatic carbocycles. The molecule has 0 spiro atoms. The lowest BCUT2D eigenvalue weighted by Gasteiger charge is -2.25. The van der Waals surface area contributed by atoms with Crippen molar-refractivity contribution >= 4 is 10.0 Å². The van der Waals surface area contributed by atoms with Gasteiger partial charge in [0.1, 0.15) is 0 Å². The minimum atomic E-state index is -3.55. The van der Waals surface area contributed by atoms with Crippen molar-refractivity contribution in [1.29, 1.82) is 0 Å². The highest BCUT2D eigenvalue weighted by atomic mass is 32.2. The third kappa shape index (κ3) is 4.83. The van der Waals surface area contributed by atoms with Gasteiger partial charge in [0.25, 0.3) is 0 Å². The molecule has 0 aliphatic rings. The second-order valence-corrected chi connectivity index (χ2v) is 6.98. The highest BCUT2D eigenvalue weighted by Gasteiger charge is 2.24. The summed E-state index contributed by atoms with van der Waals surface area (Å²) in [5, 5.41) is 0. The summed E-state index contributed by atoms with van der Waals surface area (Å²) in [7, 11) is -0.535. The number of benzene rings is 1. The summed E-state index contributed by atoms with van der Waals surface area (Å²) in [5.41, 5.74) is 0. The molecule has 1 aromatic carbocycles. The number of likely N-dealkylation sites (N-methyl/N-ethyl adjacent to an activating group) is 2. The van der Waals surface area contributed by atoms with Crippen molar-refractivity contribution in [2.75, 3.05) is 46.9 Å². The van der Waals surface area contributed by atoms with Crippen molar-refractivity contribution in [2.45, 2.75) is 25.7 Å². The van der Waals surface area contributed by atoms with Crippen LogP contribution in [-0.2, 0) is 10.0 Å². The first-order valence-electron chi connectivity index (χ1n) is 7.89. The van der Waals surface area contributed by atoms with E-state index in [1.165, 1.54) is 24.6 Å². The van der Waals surface area contributed by atoms with E-state index in [1.807, 2.05) is 6.92 Å². The average molecular weight is 344 g/mol. The second kappa shape index (κ2) is 9.10. The summed E-state index contributed by atoms with van der Waals surface area (Å²) >= 11 is 0. The zero-order valence-corrected chi connectivity index (χ0v) is 15.5. The van der Waals surface area contributed by atoms with Crippen LogP contribution in [0.4, 0.5) is 0 Å². The van der Waals surface area contributed by atoms with Gasteiger partial charge in [-0.3, -0.25) is 0 Å². The summed E-state index contributed by atoms with van der Waals surface area (Å²) in [6, 6.07) is 4.68. The van der Waals surface area contributed by atoms with Crippen molar-refractivity contribution in [3.63, 3.8) is 0 Å². The number of hydrogen-bond acceptors (Lipinski definition) is 5. The molecule has 0 heterocycles. The molecular weight excluding hydrogens is 316 g/mol. The van der Waals surface area contributed by atoms with Crippen LogP contribution in [0.2, 0.25) is 0 Å². The van der Waals surface area contributed by atoms with Crippen molar-refractivity contribution < 1.29 is 17.9 Å². The first-order chi connectivity index (χ1) is 10.9. The molecule has 132 valence electrons. The second-order valence-electron chi connectivity index (χ2n) is 5.04. The van der Waals surface area contributed by atoms with Gasteiger partial charge < -0.3 is 14.4 Å². The van der Waals surface area contributed by atoms with Crippen LogP contribution in [0.1, 0.15) is 20.8 Å². The molecule has 0 N–H and O–H groups in total. The van der Waals surface area contributed by atoms with Crippen molar-refractivity contribution in [3.05, 3.63) is 18.2 Å². The minimum Gasteiger partial charge on any atom is -0.493 e. The average Bonchev–Trinajstić information content (AvgIpc) is 2.57. The lowest BCUT2D eigenvalue weighted by Crippen LogP contribution is -2.38. The van der Waals surface area contributed by atoms with Gasteiger partial charge in [0.2, 0.25) is 10.0 Å². The first-order valence-corrected chi connectivity index (χ1v) is 9.33. The van der Waals surface area contributed by atoms with Crippen molar-refractivity contribution in [3.8, 4) is 11.5 Å². The lowest BCUT2D eigenvalue weighted by atomic mass is 10.3. The molecule has 0 atom stereocenters. The molecular formula is C16H28N2O4S. The third-order valence-electron chi connectivity index (χ3n) is 3.91. The van der Waals surface area contributed by atoms with Gasteiger partial charge in [-0.1, -0.05) is 20.8 Å². The monoisotopic (exact) mass is 344 g/mol. The maximum Gasteiger partial charge on any atom is 0.243 e. The summed E-state index contributed by atoms with van der Waals surface area (Å²) in [4.78, 5) is 2.42. The molecule has 0 saturated carbocycles. The van der Waals surface area contributed by atoms with Gasteiger partial charge in [-0.05, 0) is 25.2 Å². The van der Waals surface area contributed by atoms with E-state index in [9.17, 15) is 8.42 Å². The van der Waals surface area contributed by atoms with Crippen LogP contribution in [0.5, 0.6) is 11.5 Å². The molecule has 0 radical (unpaired) electrons. The Morgan fingerprint density at radius 1 is 0.913 bits per heavy atom. The molecule has 0 unspecified atom stereocenters. The lowest BCUT2D eigenvalue weighted by molar-refractivity contribution is 0.274. The zero-order chi connectivity index (χ0) is 17.5. The Balaban J connectivity index is 3.02. The minimum absolute atomic E-state index is 0.219. The number of nitrogens with zero attached hydrogens (tertiary/aromatic N) is 2. The fourth-order valence-electron chi connectivity index (χ4n) is 2.37. The van der Waals surface area contributed by atoms with E-state index in [-0.39, 0.29) is 4.90 Å². The Morgan fingerprint density at radius 3 is 2.00 bits per heavy atom. The molecule has 0 aromatic heterocycles. The van der Waals surface area contributed by atoms with Crippen LogP contribution >= 0.6 is 0 Å². The van der Waals surface area contributed by atoms with E-state index in [2.05, 4.69) is 18.7 Å². The fraction of sp³-hybridized carbons (Fsp3) is 0.625. The zero-order valence-electron chi connectivity index (χ0n) is 14.7. The van der Waals surface area contributed by atoms with Crippen LogP contribution in [-0.4, -0.2) is 64.6 Å². The van der Waals surface area contributed by atoms with Gasteiger partial charge in [0.05, 0.1) is 19.1 Å².